The third kappa shape index (κ3) is 8.70. The number of alkyl halides is 2. The summed E-state index contributed by atoms with van der Waals surface area (Å²) in [6.07, 6.45) is -0.625. The van der Waals surface area contributed by atoms with Crippen LogP contribution in [0.4, 0.5) is 13.6 Å². The Labute approximate surface area is 306 Å². The van der Waals surface area contributed by atoms with E-state index >= 15 is 0 Å². The Hall–Kier alpha value is -4.42. The molecule has 19 heteroatoms. The van der Waals surface area contributed by atoms with Crippen molar-refractivity contribution in [3.05, 3.63) is 24.3 Å². The second kappa shape index (κ2) is 14.8. The van der Waals surface area contributed by atoms with Gasteiger partial charge < -0.3 is 25.0 Å². The molecule has 1 unspecified atom stereocenters. The van der Waals surface area contributed by atoms with E-state index in [1.807, 2.05) is 25.5 Å². The minimum Gasteiger partial charge on any atom is -0.497 e. The van der Waals surface area contributed by atoms with Gasteiger partial charge in [-0.3, -0.25) is 19.1 Å². The zero-order chi connectivity index (χ0) is 38.3. The summed E-state index contributed by atoms with van der Waals surface area (Å²) in [7, 11) is -2.59. The molecule has 6 rings (SSSR count). The molecule has 0 radical (unpaired) electrons. The van der Waals surface area contributed by atoms with E-state index in [4.69, 9.17) is 9.47 Å². The highest BCUT2D eigenvalue weighted by Crippen LogP contribution is 2.48. The first-order valence-corrected chi connectivity index (χ1v) is 19.4. The summed E-state index contributed by atoms with van der Waals surface area (Å²) in [5.74, 6) is -3.61. The van der Waals surface area contributed by atoms with Crippen molar-refractivity contribution in [2.45, 2.75) is 120 Å². The fourth-order valence-corrected chi connectivity index (χ4v) is 8.46. The number of sulfonamides is 1. The number of alkyl carbamates (subject to hydrolysis) is 1. The first-order valence-electron chi connectivity index (χ1n) is 17.9. The van der Waals surface area contributed by atoms with Gasteiger partial charge in [0.15, 0.2) is 0 Å². The molecule has 2 heterocycles. The Kier molecular flexibility index (Phi) is 10.7. The number of rotatable bonds is 13. The number of ether oxygens (including phenoxy) is 2. The monoisotopic (exact) mass is 764 g/mol. The quantitative estimate of drug-likeness (QED) is 0.271. The predicted octanol–water partition coefficient (Wildman–Crippen LogP) is 2.71. The fourth-order valence-electron chi connectivity index (χ4n) is 7.09. The lowest BCUT2D eigenvalue weighted by Crippen LogP contribution is -2.59. The number of tetrazole rings is 1. The highest BCUT2D eigenvalue weighted by molar-refractivity contribution is 7.91. The lowest BCUT2D eigenvalue weighted by molar-refractivity contribution is -0.141. The van der Waals surface area contributed by atoms with Crippen LogP contribution in [0.5, 0.6) is 5.75 Å². The highest BCUT2D eigenvalue weighted by atomic mass is 32.2. The lowest BCUT2D eigenvalue weighted by Gasteiger charge is -2.32. The van der Waals surface area contributed by atoms with Gasteiger partial charge in [-0.15, -0.1) is 10.2 Å². The molecule has 0 bridgehead atoms. The molecule has 4 aliphatic rings. The maximum atomic E-state index is 14.5. The van der Waals surface area contributed by atoms with E-state index in [0.29, 0.717) is 37.0 Å². The molecular formula is C34H46F2N8O8S. The maximum absolute atomic E-state index is 14.5. The minimum absolute atomic E-state index is 0.109. The summed E-state index contributed by atoms with van der Waals surface area (Å²) >= 11 is 0. The number of nitrogens with one attached hydrogen (secondary N) is 3. The average molecular weight is 765 g/mol. The van der Waals surface area contributed by atoms with Gasteiger partial charge >= 0.3 is 6.09 Å². The van der Waals surface area contributed by atoms with Crippen molar-refractivity contribution in [2.75, 3.05) is 13.7 Å². The molecule has 4 fully saturated rings. The van der Waals surface area contributed by atoms with Crippen LogP contribution in [0.1, 0.15) is 84.6 Å². The fraction of sp³-hybridized carbons (Fsp3) is 0.676. The molecule has 0 spiro atoms. The van der Waals surface area contributed by atoms with E-state index in [9.17, 15) is 36.4 Å². The number of carbonyl (C=O) groups is 4. The Morgan fingerprint density at radius 3 is 2.32 bits per heavy atom. The maximum Gasteiger partial charge on any atom is 0.408 e. The molecule has 3 N–H and O–H groups in total. The van der Waals surface area contributed by atoms with E-state index < -0.39 is 86.9 Å². The van der Waals surface area contributed by atoms with Crippen LogP contribution in [0.25, 0.3) is 11.4 Å². The summed E-state index contributed by atoms with van der Waals surface area (Å²) < 4.78 is 66.0. The number of methoxy groups -OCH3 is 1. The van der Waals surface area contributed by atoms with E-state index in [1.165, 1.54) is 16.8 Å². The van der Waals surface area contributed by atoms with Crippen molar-refractivity contribution in [3.8, 4) is 17.1 Å². The zero-order valence-electron chi connectivity index (χ0n) is 30.1. The second-order valence-corrected chi connectivity index (χ2v) is 17.6. The van der Waals surface area contributed by atoms with Crippen molar-refractivity contribution in [1.29, 1.82) is 0 Å². The van der Waals surface area contributed by atoms with Crippen molar-refractivity contribution in [1.82, 2.24) is 40.5 Å². The number of hydrogen-bond acceptors (Lipinski definition) is 11. The largest absolute Gasteiger partial charge is 0.497 e. The summed E-state index contributed by atoms with van der Waals surface area (Å²) in [5.41, 5.74) is -2.07. The number of nitrogens with zero attached hydrogens (tertiary/aromatic N) is 5. The molecule has 53 heavy (non-hydrogen) atoms. The molecule has 1 aliphatic heterocycles. The Morgan fingerprint density at radius 2 is 1.74 bits per heavy atom. The van der Waals surface area contributed by atoms with Gasteiger partial charge in [0.05, 0.1) is 24.3 Å². The standard InChI is InChI=1S/C34H46F2N8O8S/c1-33(2,3)17-25(37-32(48)52-22-7-5-6-8-22)30(46)43-18-20(44-40-28(39-42-44)19-9-11-21(51-4)12-10-19)15-26(43)29(45)38-34(16-24(34)27(35)36)31(47)41-53(49,50)23-13-14-23/h9-12,20,22-27H,5-8,13-18H2,1-4H3,(H,37,48)(H,38,45)(H,41,47)/t20-,24+,25+,26?,34-/m1/s1. The Morgan fingerprint density at radius 1 is 1.06 bits per heavy atom. The van der Waals surface area contributed by atoms with Crippen LogP contribution in [0, 0.1) is 11.3 Å². The van der Waals surface area contributed by atoms with Crippen LogP contribution in [-0.2, 0) is 29.1 Å². The summed E-state index contributed by atoms with van der Waals surface area (Å²) in [6.45, 7) is 5.50. The van der Waals surface area contributed by atoms with Gasteiger partial charge in [-0.05, 0) is 86.3 Å². The van der Waals surface area contributed by atoms with Crippen molar-refractivity contribution < 1.29 is 45.9 Å². The smallest absolute Gasteiger partial charge is 0.408 e. The molecule has 1 saturated heterocycles. The number of likely N-dealkylation sites (tertiary alicyclic amines) is 1. The normalized spacial score (nSPS) is 25.2. The van der Waals surface area contributed by atoms with Gasteiger partial charge in [0, 0.05) is 18.5 Å². The van der Waals surface area contributed by atoms with Crippen molar-refractivity contribution in [2.24, 2.45) is 11.3 Å². The number of halogens is 2. The van der Waals surface area contributed by atoms with Crippen LogP contribution in [0.15, 0.2) is 24.3 Å². The predicted molar refractivity (Wildman–Crippen MR) is 184 cm³/mol. The van der Waals surface area contributed by atoms with Crippen LogP contribution in [0.3, 0.4) is 0 Å². The third-order valence-corrected chi connectivity index (χ3v) is 12.0. The molecule has 1 aromatic carbocycles. The van der Waals surface area contributed by atoms with Crippen LogP contribution in [0.2, 0.25) is 0 Å². The van der Waals surface area contributed by atoms with Crippen LogP contribution < -0.4 is 20.1 Å². The van der Waals surface area contributed by atoms with E-state index in [2.05, 4.69) is 26.0 Å². The van der Waals surface area contributed by atoms with E-state index in [0.717, 1.165) is 12.8 Å². The molecule has 16 nitrogen and oxygen atoms in total. The van der Waals surface area contributed by atoms with E-state index in [1.54, 1.807) is 24.3 Å². The lowest BCUT2D eigenvalue weighted by atomic mass is 9.87. The summed E-state index contributed by atoms with van der Waals surface area (Å²) in [6, 6.07) is 3.68. The molecule has 3 saturated carbocycles. The van der Waals surface area contributed by atoms with Gasteiger partial charge in [-0.2, -0.15) is 4.80 Å². The molecule has 4 amide bonds. The highest BCUT2D eigenvalue weighted by Gasteiger charge is 2.66. The van der Waals surface area contributed by atoms with Crippen molar-refractivity contribution >= 4 is 33.8 Å². The third-order valence-electron chi connectivity index (χ3n) is 10.2. The number of amides is 4. The topological polar surface area (TPSA) is 204 Å². The Bertz CT molecular complexity index is 1810. The number of hydrogen-bond donors (Lipinski definition) is 3. The molecule has 5 atom stereocenters. The number of benzene rings is 1. The van der Waals surface area contributed by atoms with Gasteiger partial charge in [-0.25, -0.2) is 22.0 Å². The molecular weight excluding hydrogens is 718 g/mol. The van der Waals surface area contributed by atoms with Crippen LogP contribution in [-0.4, -0.2) is 106 Å². The molecule has 290 valence electrons. The van der Waals surface area contributed by atoms with Crippen molar-refractivity contribution in [3.63, 3.8) is 0 Å². The van der Waals surface area contributed by atoms with Gasteiger partial charge in [-0.1, -0.05) is 20.8 Å². The van der Waals surface area contributed by atoms with Crippen LogP contribution >= 0.6 is 0 Å². The Balaban J connectivity index is 1.28. The van der Waals surface area contributed by atoms with Gasteiger partial charge in [0.1, 0.15) is 29.5 Å². The summed E-state index contributed by atoms with van der Waals surface area (Å²) in [4.78, 5) is 57.5. The first-order chi connectivity index (χ1) is 25.0. The molecule has 3 aliphatic carbocycles. The summed E-state index contributed by atoms with van der Waals surface area (Å²) in [5, 5.41) is 17.1. The molecule has 1 aromatic heterocycles. The number of aromatic nitrogens is 4. The minimum atomic E-state index is -4.12. The molecule has 2 aromatic rings. The van der Waals surface area contributed by atoms with Gasteiger partial charge in [0.25, 0.3) is 5.91 Å². The average Bonchev–Trinajstić information content (AvgIpc) is 3.88. The SMILES string of the molecule is COc1ccc(-c2nnn([C@@H]3CC(C(=O)N[C@]4(C(=O)NS(=O)(=O)C5CC5)C[C@H]4C(F)F)N(C(=O)[C@H](CC(C)(C)C)NC(=O)OC4CCCC4)C3)n2)cc1. The second-order valence-electron chi connectivity index (χ2n) is 15.6. The van der Waals surface area contributed by atoms with E-state index in [-0.39, 0.29) is 31.3 Å². The zero-order valence-corrected chi connectivity index (χ0v) is 30.9. The first kappa shape index (κ1) is 38.3. The number of carbonyl (C=O) groups excluding carboxylic acids is 4. The van der Waals surface area contributed by atoms with Gasteiger partial charge in [0.2, 0.25) is 34.1 Å².